The molecule has 4 fully saturated rings. The quantitative estimate of drug-likeness (QED) is 0.869. The lowest BCUT2D eigenvalue weighted by atomic mass is 9.49. The molecule has 2 N–H and O–H groups in total. The molecule has 0 radical (unpaired) electrons. The highest BCUT2D eigenvalue weighted by Gasteiger charge is 2.55. The average molecular weight is 313 g/mol. The third-order valence-corrected chi connectivity index (χ3v) is 6.05. The summed E-state index contributed by atoms with van der Waals surface area (Å²) >= 11 is 0. The van der Waals surface area contributed by atoms with E-state index in [1.165, 1.54) is 19.3 Å². The molecule has 1 aromatic rings. The number of ether oxygens (including phenoxy) is 1. The average Bonchev–Trinajstić information content (AvgIpc) is 2.51. The van der Waals surface area contributed by atoms with E-state index in [1.54, 1.807) is 18.2 Å². The molecule has 0 saturated heterocycles. The van der Waals surface area contributed by atoms with Gasteiger partial charge >= 0.3 is 5.97 Å². The summed E-state index contributed by atoms with van der Waals surface area (Å²) < 4.78 is 5.66. The molecule has 122 valence electrons. The van der Waals surface area contributed by atoms with E-state index < -0.39 is 5.91 Å². The van der Waals surface area contributed by atoms with Crippen molar-refractivity contribution >= 4 is 11.9 Å². The zero-order chi connectivity index (χ0) is 16.0. The lowest BCUT2D eigenvalue weighted by Crippen LogP contribution is -2.50. The van der Waals surface area contributed by atoms with Crippen LogP contribution in [0.25, 0.3) is 0 Å². The zero-order valence-electron chi connectivity index (χ0n) is 13.3. The SMILES string of the molecule is NC(=O)c1cccc(COC(=O)C23CC4CC(CC(C4)C2)C3)c1. The van der Waals surface area contributed by atoms with E-state index in [2.05, 4.69) is 0 Å². The fourth-order valence-corrected chi connectivity index (χ4v) is 5.48. The summed E-state index contributed by atoms with van der Waals surface area (Å²) in [5.41, 5.74) is 6.34. The number of hydrogen-bond acceptors (Lipinski definition) is 3. The molecule has 0 unspecified atom stereocenters. The van der Waals surface area contributed by atoms with E-state index in [4.69, 9.17) is 10.5 Å². The first kappa shape index (κ1) is 14.7. The Balaban J connectivity index is 1.44. The third-order valence-electron chi connectivity index (χ3n) is 6.05. The van der Waals surface area contributed by atoms with Crippen LogP contribution in [0, 0.1) is 23.2 Å². The van der Waals surface area contributed by atoms with Gasteiger partial charge in [0.15, 0.2) is 0 Å². The standard InChI is InChI=1S/C19H23NO3/c20-17(21)16-3-1-2-12(7-16)11-23-18(22)19-8-13-4-14(9-19)6-15(5-13)10-19/h1-3,7,13-15H,4-6,8-11H2,(H2,20,21). The number of esters is 1. The highest BCUT2D eigenvalue weighted by Crippen LogP contribution is 2.60. The van der Waals surface area contributed by atoms with Crippen molar-refractivity contribution in [2.45, 2.75) is 45.1 Å². The topological polar surface area (TPSA) is 69.4 Å². The van der Waals surface area contributed by atoms with Gasteiger partial charge in [0.25, 0.3) is 0 Å². The van der Waals surface area contributed by atoms with Crippen LogP contribution in [0.2, 0.25) is 0 Å². The van der Waals surface area contributed by atoms with Crippen molar-refractivity contribution < 1.29 is 14.3 Å². The summed E-state index contributed by atoms with van der Waals surface area (Å²) in [7, 11) is 0. The molecular weight excluding hydrogens is 290 g/mol. The molecule has 4 aliphatic rings. The molecular formula is C19H23NO3. The molecule has 0 aromatic heterocycles. The van der Waals surface area contributed by atoms with Gasteiger partial charge in [0, 0.05) is 5.56 Å². The van der Waals surface area contributed by atoms with Crippen LogP contribution in [0.4, 0.5) is 0 Å². The first-order valence-electron chi connectivity index (χ1n) is 8.60. The fourth-order valence-electron chi connectivity index (χ4n) is 5.48. The first-order chi connectivity index (χ1) is 11.0. The predicted molar refractivity (Wildman–Crippen MR) is 85.4 cm³/mol. The van der Waals surface area contributed by atoms with Gasteiger partial charge in [0.1, 0.15) is 6.61 Å². The number of carbonyl (C=O) groups is 2. The van der Waals surface area contributed by atoms with Crippen LogP contribution in [-0.4, -0.2) is 11.9 Å². The van der Waals surface area contributed by atoms with Crippen molar-refractivity contribution in [2.75, 3.05) is 0 Å². The molecule has 4 bridgehead atoms. The van der Waals surface area contributed by atoms with Gasteiger partial charge in [0.05, 0.1) is 5.41 Å². The van der Waals surface area contributed by atoms with Gasteiger partial charge in [-0.2, -0.15) is 0 Å². The largest absolute Gasteiger partial charge is 0.460 e. The van der Waals surface area contributed by atoms with Gasteiger partial charge in [-0.25, -0.2) is 0 Å². The number of rotatable bonds is 4. The monoisotopic (exact) mass is 313 g/mol. The summed E-state index contributed by atoms with van der Waals surface area (Å²) in [4.78, 5) is 24.0. The molecule has 5 rings (SSSR count). The lowest BCUT2D eigenvalue weighted by molar-refractivity contribution is -0.172. The molecule has 23 heavy (non-hydrogen) atoms. The number of primary amides is 1. The zero-order valence-corrected chi connectivity index (χ0v) is 13.3. The fraction of sp³-hybridized carbons (Fsp3) is 0.579. The first-order valence-corrected chi connectivity index (χ1v) is 8.60. The van der Waals surface area contributed by atoms with Gasteiger partial charge in [-0.3, -0.25) is 9.59 Å². The molecule has 4 aliphatic carbocycles. The minimum absolute atomic E-state index is 0.0268. The van der Waals surface area contributed by atoms with Crippen molar-refractivity contribution in [3.63, 3.8) is 0 Å². The summed E-state index contributed by atoms with van der Waals surface area (Å²) in [5, 5.41) is 0. The number of carbonyl (C=O) groups excluding carboxylic acids is 2. The molecule has 0 spiro atoms. The number of amides is 1. The minimum atomic E-state index is -0.459. The maximum atomic E-state index is 12.8. The Hall–Kier alpha value is -1.84. The van der Waals surface area contributed by atoms with Crippen molar-refractivity contribution in [1.29, 1.82) is 0 Å². The predicted octanol–water partition coefficient (Wildman–Crippen LogP) is 3.05. The minimum Gasteiger partial charge on any atom is -0.460 e. The van der Waals surface area contributed by atoms with Crippen LogP contribution in [0.3, 0.4) is 0 Å². The molecule has 0 atom stereocenters. The van der Waals surface area contributed by atoms with E-state index in [9.17, 15) is 9.59 Å². The number of benzene rings is 1. The van der Waals surface area contributed by atoms with Gasteiger partial charge < -0.3 is 10.5 Å². The third kappa shape index (κ3) is 2.64. The maximum absolute atomic E-state index is 12.8. The van der Waals surface area contributed by atoms with Crippen LogP contribution >= 0.6 is 0 Å². The van der Waals surface area contributed by atoms with E-state index in [1.807, 2.05) is 6.07 Å². The van der Waals surface area contributed by atoms with Gasteiger partial charge in [0.2, 0.25) is 5.91 Å². The Morgan fingerprint density at radius 3 is 2.26 bits per heavy atom. The highest BCUT2D eigenvalue weighted by molar-refractivity contribution is 5.92. The van der Waals surface area contributed by atoms with Crippen LogP contribution in [0.1, 0.15) is 54.4 Å². The lowest BCUT2D eigenvalue weighted by Gasteiger charge is -2.55. The van der Waals surface area contributed by atoms with E-state index in [0.717, 1.165) is 42.6 Å². The van der Waals surface area contributed by atoms with Crippen LogP contribution in [0.15, 0.2) is 24.3 Å². The molecule has 4 saturated carbocycles. The van der Waals surface area contributed by atoms with Crippen molar-refractivity contribution in [2.24, 2.45) is 28.9 Å². The van der Waals surface area contributed by atoms with Crippen LogP contribution < -0.4 is 5.73 Å². The second kappa shape index (κ2) is 5.36. The van der Waals surface area contributed by atoms with E-state index in [0.29, 0.717) is 5.56 Å². The van der Waals surface area contributed by atoms with Gasteiger partial charge in [-0.1, -0.05) is 12.1 Å². The molecule has 0 aliphatic heterocycles. The second-order valence-electron chi connectivity index (χ2n) is 7.84. The van der Waals surface area contributed by atoms with Gasteiger partial charge in [-0.05, 0) is 74.0 Å². The Morgan fingerprint density at radius 2 is 1.70 bits per heavy atom. The molecule has 1 aromatic carbocycles. The Labute approximate surface area is 136 Å². The summed E-state index contributed by atoms with van der Waals surface area (Å²) in [6, 6.07) is 7.01. The molecule has 4 heteroatoms. The summed E-state index contributed by atoms with van der Waals surface area (Å²) in [6.07, 6.45) is 6.98. The van der Waals surface area contributed by atoms with E-state index >= 15 is 0 Å². The second-order valence-corrected chi connectivity index (χ2v) is 7.84. The summed E-state index contributed by atoms with van der Waals surface area (Å²) in [6.45, 7) is 0.224. The smallest absolute Gasteiger partial charge is 0.312 e. The normalized spacial score (nSPS) is 34.3. The Bertz CT molecular complexity index is 616. The number of hydrogen-bond donors (Lipinski definition) is 1. The molecule has 0 heterocycles. The van der Waals surface area contributed by atoms with Gasteiger partial charge in [-0.15, -0.1) is 0 Å². The van der Waals surface area contributed by atoms with Crippen molar-refractivity contribution in [3.8, 4) is 0 Å². The van der Waals surface area contributed by atoms with Crippen molar-refractivity contribution in [3.05, 3.63) is 35.4 Å². The Kier molecular flexibility index (Phi) is 3.43. The molecule has 4 nitrogen and oxygen atoms in total. The maximum Gasteiger partial charge on any atom is 0.312 e. The van der Waals surface area contributed by atoms with E-state index in [-0.39, 0.29) is 18.0 Å². The number of nitrogens with two attached hydrogens (primary N) is 1. The summed E-state index contributed by atoms with van der Waals surface area (Å²) in [5.74, 6) is 1.70. The molecule has 1 amide bonds. The van der Waals surface area contributed by atoms with Crippen LogP contribution in [0.5, 0.6) is 0 Å². The Morgan fingerprint density at radius 1 is 1.09 bits per heavy atom. The van der Waals surface area contributed by atoms with Crippen molar-refractivity contribution in [1.82, 2.24) is 0 Å². The highest BCUT2D eigenvalue weighted by atomic mass is 16.5. The van der Waals surface area contributed by atoms with Crippen LogP contribution in [-0.2, 0) is 16.1 Å².